The monoisotopic (exact) mass is 444 g/mol. The van der Waals surface area contributed by atoms with E-state index in [1.165, 1.54) is 9.80 Å². The highest BCUT2D eigenvalue weighted by molar-refractivity contribution is 5.80. The van der Waals surface area contributed by atoms with Crippen molar-refractivity contribution in [2.75, 3.05) is 39.3 Å². The first-order valence-corrected chi connectivity index (χ1v) is 10.3. The summed E-state index contributed by atoms with van der Waals surface area (Å²) >= 11 is 0. The number of hydrogen-bond acceptors (Lipinski definition) is 7. The van der Waals surface area contributed by atoms with Crippen molar-refractivity contribution in [3.8, 4) is 0 Å². The van der Waals surface area contributed by atoms with Gasteiger partial charge in [-0.3, -0.25) is 33.8 Å². The summed E-state index contributed by atoms with van der Waals surface area (Å²) in [4.78, 5) is 60.5. The summed E-state index contributed by atoms with van der Waals surface area (Å²) < 4.78 is 0. The molecule has 1 saturated carbocycles. The smallest absolute Gasteiger partial charge is 0.317 e. The molecule has 0 heterocycles. The number of nitrogens with one attached hydrogen (secondary N) is 2. The van der Waals surface area contributed by atoms with Gasteiger partial charge in [-0.15, -0.1) is 0 Å². The Labute approximate surface area is 180 Å². The molecule has 31 heavy (non-hydrogen) atoms. The van der Waals surface area contributed by atoms with Crippen LogP contribution in [0, 0.1) is 0 Å². The molecule has 0 saturated heterocycles. The number of carbonyl (C=O) groups excluding carboxylic acids is 2. The molecule has 1 fully saturated rings. The third-order valence-electron chi connectivity index (χ3n) is 5.04. The summed E-state index contributed by atoms with van der Waals surface area (Å²) in [5.41, 5.74) is 0. The van der Waals surface area contributed by atoms with Gasteiger partial charge in [-0.1, -0.05) is 12.8 Å². The van der Waals surface area contributed by atoms with Gasteiger partial charge in [0.15, 0.2) is 0 Å². The zero-order valence-corrected chi connectivity index (χ0v) is 17.7. The molecule has 0 aliphatic heterocycles. The Morgan fingerprint density at radius 3 is 1.61 bits per heavy atom. The standard InChI is InChI=1S/C19H32N4O8/c1-2-20-15(24)7-8-21-16(25)9-22(10-17(26)27)13-5-3-4-6-14(13)23(11-18(28)29)12-19(30)31/h13-14H,2-12H2,1H3,(H,20,24)(H,21,25)(H,26,27)(H,28,29)(H,30,31). The highest BCUT2D eigenvalue weighted by atomic mass is 16.4. The molecule has 1 aliphatic rings. The number of aliphatic carboxylic acids is 3. The van der Waals surface area contributed by atoms with Gasteiger partial charge in [0, 0.05) is 31.6 Å². The lowest BCUT2D eigenvalue weighted by Gasteiger charge is -2.43. The van der Waals surface area contributed by atoms with E-state index in [0.29, 0.717) is 19.4 Å². The van der Waals surface area contributed by atoms with E-state index in [4.69, 9.17) is 0 Å². The van der Waals surface area contributed by atoms with Gasteiger partial charge in [-0.25, -0.2) is 0 Å². The molecule has 12 heteroatoms. The van der Waals surface area contributed by atoms with Gasteiger partial charge in [-0.2, -0.15) is 0 Å². The maximum Gasteiger partial charge on any atom is 0.317 e. The summed E-state index contributed by atoms with van der Waals surface area (Å²) in [7, 11) is 0. The van der Waals surface area contributed by atoms with Crippen molar-refractivity contribution in [1.29, 1.82) is 0 Å². The van der Waals surface area contributed by atoms with Crippen LogP contribution in [0.4, 0.5) is 0 Å². The Hall–Kier alpha value is -2.73. The van der Waals surface area contributed by atoms with Crippen molar-refractivity contribution in [3.63, 3.8) is 0 Å². The molecule has 1 rings (SSSR count). The van der Waals surface area contributed by atoms with Crippen LogP contribution >= 0.6 is 0 Å². The molecule has 2 atom stereocenters. The molecule has 0 aromatic carbocycles. The summed E-state index contributed by atoms with van der Waals surface area (Å²) in [6.45, 7) is 0.671. The molecule has 0 spiro atoms. The minimum absolute atomic E-state index is 0.0928. The molecule has 0 aromatic heterocycles. The largest absolute Gasteiger partial charge is 0.480 e. The van der Waals surface area contributed by atoms with Gasteiger partial charge in [0.1, 0.15) is 0 Å². The zero-order valence-electron chi connectivity index (χ0n) is 17.7. The first kappa shape index (κ1) is 26.3. The Morgan fingerprint density at radius 1 is 0.742 bits per heavy atom. The fourth-order valence-electron chi connectivity index (χ4n) is 3.89. The fourth-order valence-corrected chi connectivity index (χ4v) is 3.89. The van der Waals surface area contributed by atoms with Crippen LogP contribution in [0.2, 0.25) is 0 Å². The minimum Gasteiger partial charge on any atom is -0.480 e. The van der Waals surface area contributed by atoms with Crippen LogP contribution < -0.4 is 10.6 Å². The van der Waals surface area contributed by atoms with Crippen LogP contribution in [-0.4, -0.2) is 106 Å². The zero-order chi connectivity index (χ0) is 23.4. The maximum absolute atomic E-state index is 12.4. The number of carboxylic acids is 3. The molecular weight excluding hydrogens is 412 g/mol. The topological polar surface area (TPSA) is 177 Å². The summed E-state index contributed by atoms with van der Waals surface area (Å²) in [5, 5.41) is 32.9. The van der Waals surface area contributed by atoms with E-state index in [2.05, 4.69) is 10.6 Å². The molecule has 2 amide bonds. The van der Waals surface area contributed by atoms with Crippen molar-refractivity contribution in [1.82, 2.24) is 20.4 Å². The van der Waals surface area contributed by atoms with E-state index in [9.17, 15) is 39.3 Å². The number of hydrogen-bond donors (Lipinski definition) is 5. The molecule has 0 radical (unpaired) electrons. The van der Waals surface area contributed by atoms with E-state index in [1.54, 1.807) is 6.92 Å². The number of nitrogens with zero attached hydrogens (tertiary/aromatic N) is 2. The van der Waals surface area contributed by atoms with Crippen LogP contribution in [-0.2, 0) is 24.0 Å². The Kier molecular flexibility index (Phi) is 11.5. The second-order valence-electron chi connectivity index (χ2n) is 7.46. The first-order chi connectivity index (χ1) is 14.6. The van der Waals surface area contributed by atoms with Crippen LogP contribution in [0.25, 0.3) is 0 Å². The number of amides is 2. The molecule has 0 aromatic rings. The summed E-state index contributed by atoms with van der Waals surface area (Å²) in [6, 6.07) is -0.999. The third-order valence-corrected chi connectivity index (χ3v) is 5.04. The molecule has 1 aliphatic carbocycles. The molecule has 176 valence electrons. The second kappa shape index (κ2) is 13.5. The van der Waals surface area contributed by atoms with Gasteiger partial charge >= 0.3 is 17.9 Å². The summed E-state index contributed by atoms with van der Waals surface area (Å²) in [5.74, 6) is -4.19. The van der Waals surface area contributed by atoms with Gasteiger partial charge in [0.05, 0.1) is 26.2 Å². The lowest BCUT2D eigenvalue weighted by atomic mass is 9.87. The van der Waals surface area contributed by atoms with E-state index >= 15 is 0 Å². The predicted molar refractivity (Wildman–Crippen MR) is 108 cm³/mol. The Balaban J connectivity index is 2.90. The van der Waals surface area contributed by atoms with Crippen LogP contribution in [0.5, 0.6) is 0 Å². The molecule has 12 nitrogen and oxygen atoms in total. The van der Waals surface area contributed by atoms with Crippen LogP contribution in [0.3, 0.4) is 0 Å². The van der Waals surface area contributed by atoms with Crippen molar-refractivity contribution >= 4 is 29.7 Å². The minimum atomic E-state index is -1.18. The number of rotatable bonds is 14. The number of carbonyl (C=O) groups is 5. The van der Waals surface area contributed by atoms with Crippen molar-refractivity contribution in [3.05, 3.63) is 0 Å². The van der Waals surface area contributed by atoms with Crippen molar-refractivity contribution < 1.29 is 39.3 Å². The van der Waals surface area contributed by atoms with E-state index in [1.807, 2.05) is 0 Å². The fraction of sp³-hybridized carbons (Fsp3) is 0.737. The molecule has 5 N–H and O–H groups in total. The highest BCUT2D eigenvalue weighted by Gasteiger charge is 2.37. The van der Waals surface area contributed by atoms with E-state index in [-0.39, 0.29) is 25.4 Å². The Morgan fingerprint density at radius 2 is 1.19 bits per heavy atom. The first-order valence-electron chi connectivity index (χ1n) is 10.3. The van der Waals surface area contributed by atoms with Gasteiger partial charge in [0.25, 0.3) is 0 Å². The predicted octanol–water partition coefficient (Wildman–Crippen LogP) is -1.20. The quantitative estimate of drug-likeness (QED) is 0.219. The highest BCUT2D eigenvalue weighted by Crippen LogP contribution is 2.27. The molecular formula is C19H32N4O8. The van der Waals surface area contributed by atoms with Crippen molar-refractivity contribution in [2.45, 2.75) is 51.1 Å². The second-order valence-corrected chi connectivity index (χ2v) is 7.46. The lowest BCUT2D eigenvalue weighted by Crippen LogP contribution is -2.58. The van der Waals surface area contributed by atoms with Crippen molar-refractivity contribution in [2.24, 2.45) is 0 Å². The third kappa shape index (κ3) is 10.2. The van der Waals surface area contributed by atoms with Gasteiger partial charge in [0.2, 0.25) is 11.8 Å². The van der Waals surface area contributed by atoms with Crippen LogP contribution in [0.15, 0.2) is 0 Å². The van der Waals surface area contributed by atoms with E-state index in [0.717, 1.165) is 12.8 Å². The lowest BCUT2D eigenvalue weighted by molar-refractivity contribution is -0.147. The van der Waals surface area contributed by atoms with Gasteiger partial charge < -0.3 is 26.0 Å². The molecule has 2 unspecified atom stereocenters. The van der Waals surface area contributed by atoms with Gasteiger partial charge in [-0.05, 0) is 19.8 Å². The average Bonchev–Trinajstić information content (AvgIpc) is 2.66. The average molecular weight is 444 g/mol. The van der Waals surface area contributed by atoms with Crippen LogP contribution in [0.1, 0.15) is 39.0 Å². The maximum atomic E-state index is 12.4. The van der Waals surface area contributed by atoms with E-state index < -0.39 is 55.5 Å². The number of carboxylic acid groups (broad SMARTS) is 3. The molecule has 0 bridgehead atoms. The summed E-state index contributed by atoms with van der Waals surface area (Å²) in [6.07, 6.45) is 2.61. The SMILES string of the molecule is CCNC(=O)CCNC(=O)CN(CC(=O)O)C1CCCCC1N(CC(=O)O)CC(=O)O. The Bertz CT molecular complexity index is 641. The normalized spacial score (nSPS) is 18.5.